The lowest BCUT2D eigenvalue weighted by molar-refractivity contribution is 1.05. The summed E-state index contributed by atoms with van der Waals surface area (Å²) in [5, 5.41) is 5.44. The molecule has 0 amide bonds. The Hall–Kier alpha value is -0.790. The molecule has 0 unspecified atom stereocenters. The Balaban J connectivity index is 3.15. The zero-order valence-electron chi connectivity index (χ0n) is 7.95. The number of nitrogens with zero attached hydrogens (tertiary/aromatic N) is 1. The van der Waals surface area contributed by atoms with Gasteiger partial charge >= 0.3 is 0 Å². The third-order valence-corrected chi connectivity index (χ3v) is 0.405. The van der Waals surface area contributed by atoms with Crippen LogP contribution in [0.4, 0.5) is 0 Å². The van der Waals surface area contributed by atoms with Crippen LogP contribution in [0.5, 0.6) is 0 Å². The largest absolute Gasteiger partial charge is 0.285 e. The molecule has 0 aliphatic carbocycles. The molecule has 0 fully saturated rings. The number of aromatic amines is 1. The number of rotatable bonds is 0. The summed E-state index contributed by atoms with van der Waals surface area (Å²) in [4.78, 5) is 0. The average molecular weight is 87.1 g/mol. The molecule has 0 bridgehead atoms. The molecule has 32 valence electrons. The molecule has 6 heavy (non-hydrogen) atoms. The zero-order chi connectivity index (χ0) is 8.65. The molecule has 0 aliphatic heterocycles. The first-order valence-electron chi connectivity index (χ1n) is 3.95. The summed E-state index contributed by atoms with van der Waals surface area (Å²) in [7, 11) is 0. The van der Waals surface area contributed by atoms with Crippen LogP contribution in [-0.2, 0) is 0 Å². The Labute approximate surface area is 43.2 Å². The van der Waals surface area contributed by atoms with Gasteiger partial charge in [-0.1, -0.05) is 0 Å². The van der Waals surface area contributed by atoms with E-state index in [2.05, 4.69) is 10.2 Å². The monoisotopic (exact) mass is 87.1 g/mol. The van der Waals surface area contributed by atoms with Crippen molar-refractivity contribution in [1.82, 2.24) is 10.2 Å². The molecule has 1 rings (SSSR count). The fourth-order valence-corrected chi connectivity index (χ4v) is 0.199. The number of H-pyrrole nitrogens is 1. The van der Waals surface area contributed by atoms with Crippen molar-refractivity contribution in [1.29, 1.82) is 0 Å². The molecule has 0 aliphatic rings. The molecule has 1 aromatic rings. The number of hydrogen-bond donors (Lipinski definition) is 1. The molecule has 2 nitrogen and oxygen atoms in total. The average Bonchev–Trinajstić information content (AvgIpc) is 2.11. The molecule has 0 saturated carbocycles. The van der Waals surface area contributed by atoms with Crippen LogP contribution in [0.3, 0.4) is 0 Å². The second-order valence-electron chi connectivity index (χ2n) is 0.822. The van der Waals surface area contributed by atoms with E-state index in [1.54, 1.807) is 0 Å². The standard InChI is InChI=1S/C4H6N2/c1-4-2-3-5-6-4/h2-3H,1H3,(H,5,6)/i1D3,2D,3D. The fourth-order valence-electron chi connectivity index (χ4n) is 0.199. The highest BCUT2D eigenvalue weighted by Crippen LogP contribution is 1.82. The highest BCUT2D eigenvalue weighted by Gasteiger charge is 1.74. The van der Waals surface area contributed by atoms with Gasteiger partial charge in [0.25, 0.3) is 0 Å². The van der Waals surface area contributed by atoms with E-state index in [1.165, 1.54) is 0 Å². The quantitative estimate of drug-likeness (QED) is 0.496. The normalized spacial score (nSPS) is 23.0. The predicted molar refractivity (Wildman–Crippen MR) is 23.3 cm³/mol. The zero-order valence-corrected chi connectivity index (χ0v) is 2.95. The predicted octanol–water partition coefficient (Wildman–Crippen LogP) is 0.718. The smallest absolute Gasteiger partial charge is 0.0834 e. The number of hydrogen-bond acceptors (Lipinski definition) is 1. The maximum absolute atomic E-state index is 7.09. The first-order chi connectivity index (χ1) is 4.93. The van der Waals surface area contributed by atoms with E-state index in [0.717, 1.165) is 0 Å². The Morgan fingerprint density at radius 3 is 3.67 bits per heavy atom. The highest BCUT2D eigenvalue weighted by molar-refractivity contribution is 4.91. The summed E-state index contributed by atoms with van der Waals surface area (Å²) < 4.78 is 34.7. The van der Waals surface area contributed by atoms with Crippen molar-refractivity contribution in [2.75, 3.05) is 0 Å². The van der Waals surface area contributed by atoms with Gasteiger partial charge in [-0.3, -0.25) is 5.10 Å². The van der Waals surface area contributed by atoms with Crippen LogP contribution in [-0.4, -0.2) is 10.2 Å². The van der Waals surface area contributed by atoms with E-state index in [1.807, 2.05) is 0 Å². The van der Waals surface area contributed by atoms with Crippen LogP contribution < -0.4 is 0 Å². The van der Waals surface area contributed by atoms with Crippen LogP contribution in [0.1, 0.15) is 12.5 Å². The van der Waals surface area contributed by atoms with Gasteiger partial charge in [0, 0.05) is 10.3 Å². The minimum Gasteiger partial charge on any atom is -0.285 e. The van der Waals surface area contributed by atoms with Gasteiger partial charge in [0.05, 0.1) is 8.44 Å². The van der Waals surface area contributed by atoms with Crippen molar-refractivity contribution in [3.8, 4) is 0 Å². The van der Waals surface area contributed by atoms with Crippen molar-refractivity contribution in [3.05, 3.63) is 17.9 Å². The Bertz CT molecular complexity index is 262. The van der Waals surface area contributed by atoms with Gasteiger partial charge in [0.1, 0.15) is 0 Å². The maximum atomic E-state index is 7.09. The van der Waals surface area contributed by atoms with Crippen molar-refractivity contribution >= 4 is 0 Å². The molecule has 1 heterocycles. The minimum atomic E-state index is -2.40. The lowest BCUT2D eigenvalue weighted by Gasteiger charge is -1.65. The van der Waals surface area contributed by atoms with Crippen LogP contribution in [0.25, 0.3) is 0 Å². The van der Waals surface area contributed by atoms with E-state index in [9.17, 15) is 0 Å². The summed E-state index contributed by atoms with van der Waals surface area (Å²) in [5.41, 5.74) is -0.345. The van der Waals surface area contributed by atoms with Crippen LogP contribution >= 0.6 is 0 Å². The van der Waals surface area contributed by atoms with E-state index in [4.69, 9.17) is 6.85 Å². The van der Waals surface area contributed by atoms with E-state index in [0.29, 0.717) is 0 Å². The van der Waals surface area contributed by atoms with E-state index >= 15 is 0 Å². The number of aromatic nitrogens is 2. The molecule has 2 heteroatoms. The van der Waals surface area contributed by atoms with Crippen LogP contribution in [0.2, 0.25) is 0 Å². The SMILES string of the molecule is [2H]c1[nH]nc(C([2H])([2H])[2H])c1[2H]. The van der Waals surface area contributed by atoms with Gasteiger partial charge in [-0.15, -0.1) is 0 Å². The Morgan fingerprint density at radius 1 is 2.33 bits per heavy atom. The van der Waals surface area contributed by atoms with Gasteiger partial charge < -0.3 is 0 Å². The summed E-state index contributed by atoms with van der Waals surface area (Å²) in [6.07, 6.45) is -0.267. The Kier molecular flexibility index (Phi) is 0.166. The fraction of sp³-hybridized carbons (Fsp3) is 0.250. The van der Waals surface area contributed by atoms with Crippen molar-refractivity contribution < 1.29 is 6.85 Å². The Morgan fingerprint density at radius 2 is 3.33 bits per heavy atom. The molecule has 0 aromatic carbocycles. The molecule has 0 saturated heterocycles. The summed E-state index contributed by atoms with van der Waals surface area (Å²) in [6.45, 7) is -2.40. The number of nitrogens with one attached hydrogen (secondary N) is 1. The van der Waals surface area contributed by atoms with Crippen molar-refractivity contribution in [3.63, 3.8) is 0 Å². The summed E-state index contributed by atoms with van der Waals surface area (Å²) in [5.74, 6) is 0. The summed E-state index contributed by atoms with van der Waals surface area (Å²) in [6, 6.07) is -0.356. The minimum absolute atomic E-state index is 0.267. The molecule has 0 atom stereocenters. The van der Waals surface area contributed by atoms with Gasteiger partial charge in [0.2, 0.25) is 0 Å². The second-order valence-corrected chi connectivity index (χ2v) is 0.822. The van der Waals surface area contributed by atoms with Crippen LogP contribution in [0.15, 0.2) is 12.2 Å². The topological polar surface area (TPSA) is 28.7 Å². The highest BCUT2D eigenvalue weighted by atomic mass is 15.1. The molecule has 1 aromatic heterocycles. The van der Waals surface area contributed by atoms with Gasteiger partial charge in [0.15, 0.2) is 0 Å². The lowest BCUT2D eigenvalue weighted by Crippen LogP contribution is -1.65. The molecular formula is C4H6N2. The van der Waals surface area contributed by atoms with E-state index in [-0.39, 0.29) is 17.9 Å². The van der Waals surface area contributed by atoms with Gasteiger partial charge in [-0.2, -0.15) is 5.10 Å². The maximum Gasteiger partial charge on any atom is 0.0834 e. The second kappa shape index (κ2) is 1.12. The van der Waals surface area contributed by atoms with Crippen molar-refractivity contribution in [2.45, 2.75) is 6.85 Å². The molecular weight excluding hydrogens is 76.1 g/mol. The first kappa shape index (κ1) is 0.886. The van der Waals surface area contributed by atoms with Crippen LogP contribution in [0, 0.1) is 6.85 Å². The number of aryl methyl sites for hydroxylation is 1. The third kappa shape index (κ3) is 0.407. The third-order valence-electron chi connectivity index (χ3n) is 0.405. The van der Waals surface area contributed by atoms with Gasteiger partial charge in [-0.05, 0) is 12.9 Å². The molecule has 0 spiro atoms. The molecule has 0 radical (unpaired) electrons. The summed E-state index contributed by atoms with van der Waals surface area (Å²) >= 11 is 0. The lowest BCUT2D eigenvalue weighted by atomic mass is 10.5. The van der Waals surface area contributed by atoms with Gasteiger partial charge in [-0.25, -0.2) is 0 Å². The van der Waals surface area contributed by atoms with E-state index < -0.39 is 6.85 Å². The van der Waals surface area contributed by atoms with Crippen molar-refractivity contribution in [2.24, 2.45) is 0 Å². The molecule has 1 N–H and O–H groups in total. The first-order valence-corrected chi connectivity index (χ1v) is 1.45.